The molecule has 0 aliphatic carbocycles. The number of amides is 3. The Labute approximate surface area is 151 Å². The fourth-order valence-electron chi connectivity index (χ4n) is 2.02. The van der Waals surface area contributed by atoms with Crippen molar-refractivity contribution >= 4 is 23.8 Å². The van der Waals surface area contributed by atoms with Crippen molar-refractivity contribution in [3.8, 4) is 11.5 Å². The number of rotatable bonds is 8. The van der Waals surface area contributed by atoms with Crippen LogP contribution in [0.2, 0.25) is 0 Å². The lowest BCUT2D eigenvalue weighted by Gasteiger charge is -2.12. The van der Waals surface area contributed by atoms with Gasteiger partial charge in [-0.2, -0.15) is 5.10 Å². The van der Waals surface area contributed by atoms with E-state index in [0.29, 0.717) is 29.4 Å². The minimum Gasteiger partial charge on any atom is -0.490 e. The number of hydrazone groups is 1. The van der Waals surface area contributed by atoms with Gasteiger partial charge in [-0.25, -0.2) is 10.2 Å². The molecule has 0 aliphatic rings. The zero-order chi connectivity index (χ0) is 18.8. The first-order valence-corrected chi connectivity index (χ1v) is 7.91. The number of para-hydroxylation sites is 1. The lowest BCUT2D eigenvalue weighted by Crippen LogP contribution is -2.24. The third-order valence-corrected chi connectivity index (χ3v) is 3.07. The molecule has 26 heavy (non-hydrogen) atoms. The smallest absolute Gasteiger partial charge is 0.332 e. The van der Waals surface area contributed by atoms with Crippen molar-refractivity contribution in [3.63, 3.8) is 0 Å². The summed E-state index contributed by atoms with van der Waals surface area (Å²) >= 11 is 0. The Morgan fingerprint density at radius 2 is 1.88 bits per heavy atom. The molecule has 0 aromatic heterocycles. The Hall–Kier alpha value is -3.55. The highest BCUT2D eigenvalue weighted by Gasteiger charge is 2.09. The predicted octanol–water partition coefficient (Wildman–Crippen LogP) is 2.10. The topological polar surface area (TPSA) is 115 Å². The van der Waals surface area contributed by atoms with Crippen LogP contribution in [-0.2, 0) is 4.79 Å². The Morgan fingerprint density at radius 1 is 1.12 bits per heavy atom. The Bertz CT molecular complexity index is 778. The summed E-state index contributed by atoms with van der Waals surface area (Å²) in [6.45, 7) is 2.10. The van der Waals surface area contributed by atoms with Gasteiger partial charge < -0.3 is 20.5 Å². The van der Waals surface area contributed by atoms with Crippen molar-refractivity contribution in [2.75, 3.05) is 18.5 Å². The molecular weight excluding hydrogens is 336 g/mol. The Kier molecular flexibility index (Phi) is 6.99. The zero-order valence-electron chi connectivity index (χ0n) is 14.3. The van der Waals surface area contributed by atoms with Gasteiger partial charge >= 0.3 is 6.03 Å². The van der Waals surface area contributed by atoms with Crippen molar-refractivity contribution in [1.82, 2.24) is 5.43 Å². The normalized spacial score (nSPS) is 10.3. The standard InChI is InChI=1S/C18H20N4O4/c1-2-25-16-10-13(11-20-22-18(19)24)8-9-15(16)26-12-17(23)21-14-6-4-3-5-7-14/h3-11H,2,12H2,1H3,(H,21,23)(H3,19,22,24). The van der Waals surface area contributed by atoms with Crippen LogP contribution in [0.3, 0.4) is 0 Å². The van der Waals surface area contributed by atoms with Crippen LogP contribution in [0, 0.1) is 0 Å². The molecule has 0 atom stereocenters. The highest BCUT2D eigenvalue weighted by molar-refractivity contribution is 5.91. The number of anilines is 1. The average Bonchev–Trinajstić information content (AvgIpc) is 2.62. The summed E-state index contributed by atoms with van der Waals surface area (Å²) in [5.74, 6) is 0.605. The molecule has 2 aromatic rings. The number of hydrogen-bond donors (Lipinski definition) is 3. The number of carbonyl (C=O) groups excluding carboxylic acids is 2. The summed E-state index contributed by atoms with van der Waals surface area (Å²) in [5.41, 5.74) is 8.41. The van der Waals surface area contributed by atoms with E-state index in [1.54, 1.807) is 30.3 Å². The first-order valence-electron chi connectivity index (χ1n) is 7.91. The first-order chi connectivity index (χ1) is 12.6. The molecule has 0 fully saturated rings. The lowest BCUT2D eigenvalue weighted by molar-refractivity contribution is -0.118. The maximum Gasteiger partial charge on any atom is 0.332 e. The minimum absolute atomic E-state index is 0.161. The van der Waals surface area contributed by atoms with E-state index in [4.69, 9.17) is 15.2 Å². The van der Waals surface area contributed by atoms with Crippen molar-refractivity contribution in [2.24, 2.45) is 10.8 Å². The summed E-state index contributed by atoms with van der Waals surface area (Å²) in [6.07, 6.45) is 1.42. The van der Waals surface area contributed by atoms with Crippen LogP contribution in [0.5, 0.6) is 11.5 Å². The Balaban J connectivity index is 1.99. The summed E-state index contributed by atoms with van der Waals surface area (Å²) in [5, 5.41) is 6.42. The van der Waals surface area contributed by atoms with E-state index >= 15 is 0 Å². The van der Waals surface area contributed by atoms with Crippen LogP contribution in [0.1, 0.15) is 12.5 Å². The number of primary amides is 1. The van der Waals surface area contributed by atoms with Gasteiger partial charge in [-0.05, 0) is 42.8 Å². The predicted molar refractivity (Wildman–Crippen MR) is 98.5 cm³/mol. The molecule has 8 nitrogen and oxygen atoms in total. The number of urea groups is 1. The molecule has 0 heterocycles. The van der Waals surface area contributed by atoms with E-state index in [1.165, 1.54) is 6.21 Å². The number of nitrogens with two attached hydrogens (primary N) is 1. The van der Waals surface area contributed by atoms with Crippen LogP contribution < -0.4 is 25.9 Å². The molecule has 0 aliphatic heterocycles. The highest BCUT2D eigenvalue weighted by Crippen LogP contribution is 2.28. The molecule has 136 valence electrons. The van der Waals surface area contributed by atoms with Gasteiger partial charge in [0, 0.05) is 5.69 Å². The number of benzene rings is 2. The van der Waals surface area contributed by atoms with Crippen LogP contribution >= 0.6 is 0 Å². The summed E-state index contributed by atoms with van der Waals surface area (Å²) < 4.78 is 11.1. The molecule has 0 radical (unpaired) electrons. The summed E-state index contributed by atoms with van der Waals surface area (Å²) in [7, 11) is 0. The van der Waals surface area contributed by atoms with E-state index in [0.717, 1.165) is 0 Å². The van der Waals surface area contributed by atoms with Crippen molar-refractivity contribution in [2.45, 2.75) is 6.92 Å². The number of carbonyl (C=O) groups is 2. The maximum atomic E-state index is 12.0. The molecule has 3 amide bonds. The molecule has 2 rings (SSSR count). The van der Waals surface area contributed by atoms with E-state index < -0.39 is 6.03 Å². The van der Waals surface area contributed by atoms with E-state index in [-0.39, 0.29) is 12.5 Å². The lowest BCUT2D eigenvalue weighted by atomic mass is 10.2. The quantitative estimate of drug-likeness (QED) is 0.496. The second-order valence-corrected chi connectivity index (χ2v) is 5.08. The Morgan fingerprint density at radius 3 is 2.58 bits per heavy atom. The third kappa shape index (κ3) is 6.16. The highest BCUT2D eigenvalue weighted by atomic mass is 16.5. The van der Waals surface area contributed by atoms with Crippen molar-refractivity contribution in [1.29, 1.82) is 0 Å². The van der Waals surface area contributed by atoms with Crippen LogP contribution in [0.4, 0.5) is 10.5 Å². The monoisotopic (exact) mass is 356 g/mol. The van der Waals surface area contributed by atoms with E-state index in [2.05, 4.69) is 15.8 Å². The maximum absolute atomic E-state index is 12.0. The molecule has 4 N–H and O–H groups in total. The van der Waals surface area contributed by atoms with Gasteiger partial charge in [0.05, 0.1) is 12.8 Å². The molecule has 0 saturated heterocycles. The molecule has 8 heteroatoms. The SMILES string of the molecule is CCOc1cc(C=NNC(N)=O)ccc1OCC(=O)Nc1ccccc1. The molecule has 0 bridgehead atoms. The van der Waals surface area contributed by atoms with Gasteiger partial charge in [0.25, 0.3) is 5.91 Å². The summed E-state index contributed by atoms with van der Waals surface area (Å²) in [4.78, 5) is 22.6. The van der Waals surface area contributed by atoms with Crippen molar-refractivity contribution in [3.05, 3.63) is 54.1 Å². The van der Waals surface area contributed by atoms with Gasteiger partial charge in [0.15, 0.2) is 18.1 Å². The number of nitrogens with zero attached hydrogens (tertiary/aromatic N) is 1. The van der Waals surface area contributed by atoms with Gasteiger partial charge in [0.2, 0.25) is 0 Å². The number of hydrogen-bond acceptors (Lipinski definition) is 5. The van der Waals surface area contributed by atoms with Gasteiger partial charge in [-0.1, -0.05) is 18.2 Å². The fourth-order valence-corrected chi connectivity index (χ4v) is 2.02. The third-order valence-electron chi connectivity index (χ3n) is 3.07. The van der Waals surface area contributed by atoms with E-state index in [1.807, 2.05) is 25.1 Å². The van der Waals surface area contributed by atoms with Gasteiger partial charge in [0.1, 0.15) is 0 Å². The number of nitrogens with one attached hydrogen (secondary N) is 2. The summed E-state index contributed by atoms with van der Waals surface area (Å²) in [6, 6.07) is 13.4. The second-order valence-electron chi connectivity index (χ2n) is 5.08. The molecule has 0 saturated carbocycles. The molecular formula is C18H20N4O4. The fraction of sp³-hybridized carbons (Fsp3) is 0.167. The van der Waals surface area contributed by atoms with E-state index in [9.17, 15) is 9.59 Å². The van der Waals surface area contributed by atoms with Crippen LogP contribution in [0.25, 0.3) is 0 Å². The molecule has 0 spiro atoms. The van der Waals surface area contributed by atoms with Gasteiger partial charge in [-0.15, -0.1) is 0 Å². The van der Waals surface area contributed by atoms with Crippen LogP contribution in [0.15, 0.2) is 53.6 Å². The minimum atomic E-state index is -0.754. The number of ether oxygens (including phenoxy) is 2. The average molecular weight is 356 g/mol. The first kappa shape index (κ1) is 18.8. The van der Waals surface area contributed by atoms with Crippen molar-refractivity contribution < 1.29 is 19.1 Å². The largest absolute Gasteiger partial charge is 0.490 e. The molecule has 2 aromatic carbocycles. The molecule has 0 unspecified atom stereocenters. The van der Waals surface area contributed by atoms with Gasteiger partial charge in [-0.3, -0.25) is 4.79 Å². The second kappa shape index (κ2) is 9.67. The van der Waals surface area contributed by atoms with Crippen LogP contribution in [-0.4, -0.2) is 31.4 Å². The zero-order valence-corrected chi connectivity index (χ0v) is 14.3.